The van der Waals surface area contributed by atoms with Gasteiger partial charge in [0.1, 0.15) is 0 Å². The van der Waals surface area contributed by atoms with Crippen LogP contribution in [0.3, 0.4) is 0 Å². The highest BCUT2D eigenvalue weighted by Gasteiger charge is 2.20. The summed E-state index contributed by atoms with van der Waals surface area (Å²) in [6.45, 7) is 0. The van der Waals surface area contributed by atoms with Crippen molar-refractivity contribution in [3.05, 3.63) is 34.4 Å². The van der Waals surface area contributed by atoms with Crippen LogP contribution in [0.25, 0.3) is 0 Å². The minimum absolute atomic E-state index is 0.0638. The van der Waals surface area contributed by atoms with Crippen molar-refractivity contribution in [2.45, 2.75) is 38.1 Å². The zero-order chi connectivity index (χ0) is 15.2. The molecule has 7 heteroatoms. The van der Waals surface area contributed by atoms with E-state index in [1.807, 2.05) is 0 Å². The number of nitrogens with one attached hydrogen (secondary N) is 2. The molecule has 0 unspecified atom stereocenters. The van der Waals surface area contributed by atoms with Crippen molar-refractivity contribution in [3.63, 3.8) is 0 Å². The molecule has 2 amide bonds. The molecule has 0 bridgehead atoms. The summed E-state index contributed by atoms with van der Waals surface area (Å²) in [5, 5.41) is 15.7. The Morgan fingerprint density at radius 3 is 2.24 bits per heavy atom. The average molecular weight is 291 g/mol. The number of carbonyl (C=O) groups excluding carboxylic acids is 2. The van der Waals surface area contributed by atoms with Gasteiger partial charge in [0.15, 0.2) is 0 Å². The molecule has 1 fully saturated rings. The minimum Gasteiger partial charge on any atom is -0.345 e. The molecule has 1 aliphatic carbocycles. The first-order valence-corrected chi connectivity index (χ1v) is 6.92. The number of hydrogen-bond acceptors (Lipinski definition) is 4. The number of hydrogen-bond donors (Lipinski definition) is 2. The van der Waals surface area contributed by atoms with Crippen LogP contribution < -0.4 is 10.6 Å². The SMILES string of the molecule is O=C(Nc1ccc([N+](=O)[O-])cc1)C(=O)NC1CCCCC1. The number of carbonyl (C=O) groups is 2. The average Bonchev–Trinajstić information content (AvgIpc) is 2.48. The smallest absolute Gasteiger partial charge is 0.313 e. The molecule has 7 nitrogen and oxygen atoms in total. The molecular weight excluding hydrogens is 274 g/mol. The number of nitrogens with zero attached hydrogens (tertiary/aromatic N) is 1. The Bertz CT molecular complexity index is 536. The Kier molecular flexibility index (Phi) is 4.86. The van der Waals surface area contributed by atoms with Gasteiger partial charge in [0.2, 0.25) is 0 Å². The Labute approximate surface area is 121 Å². The molecule has 112 valence electrons. The van der Waals surface area contributed by atoms with E-state index in [4.69, 9.17) is 0 Å². The summed E-state index contributed by atoms with van der Waals surface area (Å²) >= 11 is 0. The lowest BCUT2D eigenvalue weighted by Gasteiger charge is -2.22. The van der Waals surface area contributed by atoms with Crippen molar-refractivity contribution < 1.29 is 14.5 Å². The van der Waals surface area contributed by atoms with E-state index in [2.05, 4.69) is 10.6 Å². The molecule has 2 N–H and O–H groups in total. The van der Waals surface area contributed by atoms with Crippen LogP contribution in [0.1, 0.15) is 32.1 Å². The molecule has 0 saturated heterocycles. The number of amides is 2. The Morgan fingerprint density at radius 1 is 1.05 bits per heavy atom. The van der Waals surface area contributed by atoms with E-state index in [0.29, 0.717) is 5.69 Å². The summed E-state index contributed by atoms with van der Waals surface area (Å²) in [7, 11) is 0. The van der Waals surface area contributed by atoms with Crippen LogP contribution in [0, 0.1) is 10.1 Å². The molecule has 0 radical (unpaired) electrons. The Balaban J connectivity index is 1.87. The number of benzene rings is 1. The van der Waals surface area contributed by atoms with E-state index < -0.39 is 16.7 Å². The van der Waals surface area contributed by atoms with Crippen molar-refractivity contribution in [1.29, 1.82) is 0 Å². The highest BCUT2D eigenvalue weighted by Crippen LogP contribution is 2.18. The van der Waals surface area contributed by atoms with Crippen LogP contribution in [-0.2, 0) is 9.59 Å². The number of nitro benzene ring substituents is 1. The second-order valence-electron chi connectivity index (χ2n) is 5.07. The van der Waals surface area contributed by atoms with Gasteiger partial charge in [0, 0.05) is 23.9 Å². The number of non-ortho nitro benzene ring substituents is 1. The van der Waals surface area contributed by atoms with Crippen LogP contribution in [0.15, 0.2) is 24.3 Å². The Hall–Kier alpha value is -2.44. The molecule has 0 atom stereocenters. The molecular formula is C14H17N3O4. The topological polar surface area (TPSA) is 101 Å². The summed E-state index contributed by atoms with van der Waals surface area (Å²) in [5.41, 5.74) is 0.282. The maximum atomic E-state index is 11.8. The van der Waals surface area contributed by atoms with Crippen molar-refractivity contribution >= 4 is 23.2 Å². The van der Waals surface area contributed by atoms with Gasteiger partial charge in [-0.05, 0) is 25.0 Å². The van der Waals surface area contributed by atoms with Gasteiger partial charge >= 0.3 is 11.8 Å². The molecule has 0 spiro atoms. The van der Waals surface area contributed by atoms with E-state index in [9.17, 15) is 19.7 Å². The van der Waals surface area contributed by atoms with E-state index in [-0.39, 0.29) is 11.7 Å². The van der Waals surface area contributed by atoms with Crippen LogP contribution in [0.5, 0.6) is 0 Å². The van der Waals surface area contributed by atoms with Crippen LogP contribution >= 0.6 is 0 Å². The quantitative estimate of drug-likeness (QED) is 0.505. The van der Waals surface area contributed by atoms with E-state index in [0.717, 1.165) is 25.7 Å². The van der Waals surface area contributed by atoms with Gasteiger partial charge in [-0.25, -0.2) is 0 Å². The molecule has 2 rings (SSSR count). The first kappa shape index (κ1) is 15.0. The van der Waals surface area contributed by atoms with Crippen molar-refractivity contribution in [3.8, 4) is 0 Å². The number of anilines is 1. The molecule has 0 aromatic heterocycles. The van der Waals surface area contributed by atoms with Gasteiger partial charge in [-0.3, -0.25) is 19.7 Å². The summed E-state index contributed by atoms with van der Waals surface area (Å²) in [4.78, 5) is 33.5. The zero-order valence-corrected chi connectivity index (χ0v) is 11.5. The molecule has 1 saturated carbocycles. The number of nitro groups is 1. The fraction of sp³-hybridized carbons (Fsp3) is 0.429. The lowest BCUT2D eigenvalue weighted by Crippen LogP contribution is -2.42. The first-order valence-electron chi connectivity index (χ1n) is 6.92. The predicted octanol–water partition coefficient (Wildman–Crippen LogP) is 1.98. The molecule has 1 aromatic carbocycles. The third-order valence-corrected chi connectivity index (χ3v) is 3.48. The number of rotatable bonds is 3. The second-order valence-corrected chi connectivity index (χ2v) is 5.07. The lowest BCUT2D eigenvalue weighted by atomic mass is 9.95. The largest absolute Gasteiger partial charge is 0.345 e. The molecule has 1 aromatic rings. The lowest BCUT2D eigenvalue weighted by molar-refractivity contribution is -0.384. The monoisotopic (exact) mass is 291 g/mol. The van der Waals surface area contributed by atoms with E-state index in [1.165, 1.54) is 30.7 Å². The van der Waals surface area contributed by atoms with E-state index >= 15 is 0 Å². The maximum Gasteiger partial charge on any atom is 0.313 e. The van der Waals surface area contributed by atoms with Crippen LogP contribution in [-0.4, -0.2) is 22.8 Å². The minimum atomic E-state index is -0.755. The van der Waals surface area contributed by atoms with Crippen molar-refractivity contribution in [2.24, 2.45) is 0 Å². The molecule has 0 heterocycles. The summed E-state index contributed by atoms with van der Waals surface area (Å²) < 4.78 is 0. The van der Waals surface area contributed by atoms with Gasteiger partial charge in [-0.15, -0.1) is 0 Å². The third kappa shape index (κ3) is 4.27. The van der Waals surface area contributed by atoms with Crippen molar-refractivity contribution in [2.75, 3.05) is 5.32 Å². The normalized spacial score (nSPS) is 15.2. The highest BCUT2D eigenvalue weighted by atomic mass is 16.6. The fourth-order valence-electron chi connectivity index (χ4n) is 2.35. The first-order chi connectivity index (χ1) is 10.1. The predicted molar refractivity (Wildman–Crippen MR) is 76.7 cm³/mol. The van der Waals surface area contributed by atoms with Gasteiger partial charge in [0.25, 0.3) is 5.69 Å². The maximum absolute atomic E-state index is 11.8. The van der Waals surface area contributed by atoms with Gasteiger partial charge in [0.05, 0.1) is 4.92 Å². The highest BCUT2D eigenvalue weighted by molar-refractivity contribution is 6.39. The fourth-order valence-corrected chi connectivity index (χ4v) is 2.35. The van der Waals surface area contributed by atoms with Gasteiger partial charge in [-0.2, -0.15) is 0 Å². The van der Waals surface area contributed by atoms with Crippen LogP contribution in [0.2, 0.25) is 0 Å². The second kappa shape index (κ2) is 6.83. The summed E-state index contributed by atoms with van der Waals surface area (Å²) in [5.74, 6) is -1.42. The van der Waals surface area contributed by atoms with E-state index in [1.54, 1.807) is 0 Å². The van der Waals surface area contributed by atoms with Crippen LogP contribution in [0.4, 0.5) is 11.4 Å². The summed E-state index contributed by atoms with van der Waals surface area (Å²) in [6, 6.07) is 5.39. The molecule has 0 aliphatic heterocycles. The van der Waals surface area contributed by atoms with Gasteiger partial charge in [-0.1, -0.05) is 19.3 Å². The zero-order valence-electron chi connectivity index (χ0n) is 11.5. The Morgan fingerprint density at radius 2 is 1.67 bits per heavy atom. The molecule has 21 heavy (non-hydrogen) atoms. The summed E-state index contributed by atoms with van der Waals surface area (Å²) in [6.07, 6.45) is 5.10. The third-order valence-electron chi connectivity index (χ3n) is 3.48. The van der Waals surface area contributed by atoms with Gasteiger partial charge < -0.3 is 10.6 Å². The van der Waals surface area contributed by atoms with Crippen molar-refractivity contribution in [1.82, 2.24) is 5.32 Å². The standard InChI is InChI=1S/C14H17N3O4/c18-13(15-10-4-2-1-3-5-10)14(19)16-11-6-8-12(9-7-11)17(20)21/h6-10H,1-5H2,(H,15,18)(H,16,19). The molecule has 1 aliphatic rings.